The van der Waals surface area contributed by atoms with Crippen LogP contribution in [0.4, 0.5) is 4.70 Å². The number of halogens is 1. The summed E-state index contributed by atoms with van der Waals surface area (Å²) in [5.74, 6) is -0.201. The van der Waals surface area contributed by atoms with Crippen molar-refractivity contribution in [3.63, 3.8) is 0 Å². The van der Waals surface area contributed by atoms with E-state index in [0.29, 0.717) is 0 Å². The molecule has 0 heterocycles. The Morgan fingerprint density at radius 1 is 1.62 bits per heavy atom. The molecule has 3 nitrogen and oxygen atoms in total. The molecule has 0 atom stereocenters. The molecule has 0 bridgehead atoms. The van der Waals surface area contributed by atoms with Crippen molar-refractivity contribution in [2.75, 3.05) is 5.75 Å². The van der Waals surface area contributed by atoms with Gasteiger partial charge in [0.2, 0.25) is 0 Å². The van der Waals surface area contributed by atoms with E-state index in [1.807, 2.05) is 0 Å². The van der Waals surface area contributed by atoms with Crippen LogP contribution in [0.25, 0.3) is 0 Å². The summed E-state index contributed by atoms with van der Waals surface area (Å²) < 4.78 is 26.9. The molecule has 0 fully saturated rings. The molecule has 50 valence electrons. The van der Waals surface area contributed by atoms with Gasteiger partial charge in [0.1, 0.15) is 0 Å². The summed E-state index contributed by atoms with van der Waals surface area (Å²) in [7, 11) is -3.66. The predicted octanol–water partition coefficient (Wildman–Crippen LogP) is -0.109. The van der Waals surface area contributed by atoms with Crippen LogP contribution in [0.1, 0.15) is 9.78 Å². The molecule has 0 aromatic heterocycles. The summed E-state index contributed by atoms with van der Waals surface area (Å²) in [6, 6.07) is 0. The molecule has 0 unspecified atom stereocenters. The van der Waals surface area contributed by atoms with E-state index < -0.39 is 10.1 Å². The van der Waals surface area contributed by atoms with Gasteiger partial charge in [-0.15, -0.1) is 0 Å². The summed E-state index contributed by atoms with van der Waals surface area (Å²) in [6.07, 6.45) is 0. The van der Waals surface area contributed by atoms with Gasteiger partial charge >= 0.3 is 23.1 Å². The van der Waals surface area contributed by atoms with Crippen molar-refractivity contribution in [3.05, 3.63) is 0 Å². The zero-order chi connectivity index (χ0) is 5.21. The Labute approximate surface area is 66.7 Å². The van der Waals surface area contributed by atoms with E-state index in [1.165, 1.54) is 6.92 Å². The first kappa shape index (κ1) is 15.8. The van der Waals surface area contributed by atoms with Crippen molar-refractivity contribution in [2.45, 2.75) is 6.92 Å². The maximum Gasteiger partial charge on any atom is 2.00 e. The van der Waals surface area contributed by atoms with Crippen molar-refractivity contribution >= 4 is 33.2 Å². The molecular formula is C2H9FMgO3S. The van der Waals surface area contributed by atoms with Gasteiger partial charge in [0.05, 0.1) is 5.75 Å². The second-order valence-electron chi connectivity index (χ2n) is 0.871. The first-order chi connectivity index (χ1) is 2.56. The molecule has 1 N–H and O–H groups in total. The van der Waals surface area contributed by atoms with E-state index in [1.54, 1.807) is 0 Å². The third-order valence-corrected chi connectivity index (χ3v) is 1.09. The fraction of sp³-hybridized carbons (Fsp3) is 1.00. The van der Waals surface area contributed by atoms with Crippen LogP contribution in [-0.2, 0) is 10.1 Å². The molecule has 0 amide bonds. The van der Waals surface area contributed by atoms with Crippen LogP contribution in [0.5, 0.6) is 0 Å². The first-order valence-electron chi connectivity index (χ1n) is 1.51. The first-order valence-corrected chi connectivity index (χ1v) is 3.12. The average Bonchev–Trinajstić information content (AvgIpc) is 1.35. The number of rotatable bonds is 1. The van der Waals surface area contributed by atoms with Crippen molar-refractivity contribution in [3.8, 4) is 0 Å². The minimum absolute atomic E-state index is 0. The summed E-state index contributed by atoms with van der Waals surface area (Å²) in [6.45, 7) is 1.37. The summed E-state index contributed by atoms with van der Waals surface area (Å²) >= 11 is 0. The standard InChI is InChI=1S/C2H6O3S.FH.Mg.2H/c1-2-6(3,4)5;;;;/h2H2,1H3,(H,3,4,5);1H;;;/q;;+2;2*-1. The van der Waals surface area contributed by atoms with Gasteiger partial charge < -0.3 is 2.85 Å². The monoisotopic (exact) mass is 156 g/mol. The van der Waals surface area contributed by atoms with Gasteiger partial charge in [-0.2, -0.15) is 8.42 Å². The van der Waals surface area contributed by atoms with Gasteiger partial charge in [0.15, 0.2) is 0 Å². The molecule has 8 heavy (non-hydrogen) atoms. The van der Waals surface area contributed by atoms with Gasteiger partial charge in [-0.3, -0.25) is 9.26 Å². The van der Waals surface area contributed by atoms with E-state index in [2.05, 4.69) is 0 Å². The third-order valence-electron chi connectivity index (χ3n) is 0.365. The maximum atomic E-state index is 9.56. The molecule has 0 aliphatic carbocycles. The molecular weight excluding hydrogens is 147 g/mol. The van der Waals surface area contributed by atoms with E-state index in [-0.39, 0.29) is 36.4 Å². The Morgan fingerprint density at radius 3 is 1.75 bits per heavy atom. The fourth-order valence-corrected chi connectivity index (χ4v) is 0. The van der Waals surface area contributed by atoms with Gasteiger partial charge in [0.25, 0.3) is 10.1 Å². The van der Waals surface area contributed by atoms with Crippen LogP contribution in [0.15, 0.2) is 0 Å². The number of hydrogen-bond donors (Lipinski definition) is 1. The average molecular weight is 156 g/mol. The van der Waals surface area contributed by atoms with Crippen molar-refractivity contribution in [1.82, 2.24) is 0 Å². The third kappa shape index (κ3) is 16.0. The molecule has 0 spiro atoms. The zero-order valence-corrected chi connectivity index (χ0v) is 6.73. The fourth-order valence-electron chi connectivity index (χ4n) is 0. The van der Waals surface area contributed by atoms with Gasteiger partial charge in [0, 0.05) is 0 Å². The van der Waals surface area contributed by atoms with Crippen molar-refractivity contribution < 1.29 is 20.5 Å². The maximum absolute atomic E-state index is 9.56. The smallest absolute Gasteiger partial charge is 1.00 e. The van der Waals surface area contributed by atoms with E-state index in [9.17, 15) is 8.42 Å². The van der Waals surface area contributed by atoms with E-state index in [0.717, 1.165) is 0 Å². The molecule has 6 heteroatoms. The molecule has 0 aromatic rings. The van der Waals surface area contributed by atoms with Crippen LogP contribution in [0, 0.1) is 0 Å². The van der Waals surface area contributed by atoms with Crippen molar-refractivity contribution in [2.24, 2.45) is 0 Å². The predicted molar refractivity (Wildman–Crippen MR) is 32.6 cm³/mol. The van der Waals surface area contributed by atoms with E-state index in [4.69, 9.17) is 4.55 Å². The Morgan fingerprint density at radius 2 is 1.75 bits per heavy atom. The topological polar surface area (TPSA) is 54.4 Å². The van der Waals surface area contributed by atoms with Gasteiger partial charge in [-0.25, -0.2) is 0 Å². The normalized spacial score (nSPS) is 8.75. The summed E-state index contributed by atoms with van der Waals surface area (Å²) in [4.78, 5) is 0. The molecule has 0 aliphatic rings. The van der Waals surface area contributed by atoms with Crippen molar-refractivity contribution in [1.29, 1.82) is 0 Å². The van der Waals surface area contributed by atoms with Crippen LogP contribution >= 0.6 is 0 Å². The molecule has 0 aliphatic heterocycles. The molecule has 0 aromatic carbocycles. The van der Waals surface area contributed by atoms with Gasteiger partial charge in [-0.05, 0) is 6.92 Å². The van der Waals surface area contributed by atoms with Crippen LogP contribution < -0.4 is 0 Å². The summed E-state index contributed by atoms with van der Waals surface area (Å²) in [5, 5.41) is 0. The van der Waals surface area contributed by atoms with Gasteiger partial charge in [-0.1, -0.05) is 0 Å². The zero-order valence-electron chi connectivity index (χ0n) is 6.49. The molecule has 0 saturated heterocycles. The Kier molecular flexibility index (Phi) is 11.4. The quantitative estimate of drug-likeness (QED) is 0.426. The minimum Gasteiger partial charge on any atom is -1.00 e. The molecule has 0 saturated carbocycles. The Bertz CT molecular complexity index is 126. The SMILES string of the molecule is CCS(=O)(=O)O.F.[H-].[H-].[Mg+2]. The minimum atomic E-state index is -3.66. The van der Waals surface area contributed by atoms with Crippen LogP contribution in [0.2, 0.25) is 0 Å². The Hall–Kier alpha value is 0.606. The second-order valence-corrected chi connectivity index (χ2v) is 2.61. The van der Waals surface area contributed by atoms with E-state index >= 15 is 0 Å². The second kappa shape index (κ2) is 5.74. The number of hydrogen-bond acceptors (Lipinski definition) is 2. The Balaban J connectivity index is -0.0000000208. The van der Waals surface area contributed by atoms with Crippen LogP contribution in [0.3, 0.4) is 0 Å². The summed E-state index contributed by atoms with van der Waals surface area (Å²) in [5.41, 5.74) is 0. The molecule has 0 rings (SSSR count). The largest absolute Gasteiger partial charge is 2.00 e. The molecule has 0 radical (unpaired) electrons. The van der Waals surface area contributed by atoms with Crippen LogP contribution in [-0.4, -0.2) is 41.8 Å².